The van der Waals surface area contributed by atoms with E-state index in [1.807, 2.05) is 0 Å². The van der Waals surface area contributed by atoms with E-state index in [9.17, 15) is 14.7 Å². The average Bonchev–Trinajstić information content (AvgIpc) is 2.47. The minimum atomic E-state index is -0.891. The number of likely N-dealkylation sites (tertiary alicyclic amines) is 1. The molecule has 0 bridgehead atoms. The molecule has 1 fully saturated rings. The number of piperidine rings is 1. The summed E-state index contributed by atoms with van der Waals surface area (Å²) in [6.07, 6.45) is 1.22. The zero-order chi connectivity index (χ0) is 14.7. The first-order valence-corrected chi connectivity index (χ1v) is 6.42. The predicted molar refractivity (Wildman–Crippen MR) is 70.9 cm³/mol. The second-order valence-electron chi connectivity index (χ2n) is 4.78. The van der Waals surface area contributed by atoms with E-state index in [-0.39, 0.29) is 29.5 Å². The fourth-order valence-electron chi connectivity index (χ4n) is 2.39. The molecule has 0 radical (unpaired) electrons. The number of nitrogens with zero attached hydrogens (tertiary/aromatic N) is 1. The number of carboxylic acid groups (broad SMARTS) is 1. The van der Waals surface area contributed by atoms with E-state index in [0.717, 1.165) is 0 Å². The molecule has 108 valence electrons. The molecule has 0 aliphatic carbocycles. The normalized spacial score (nSPS) is 18.6. The number of rotatable bonds is 3. The van der Waals surface area contributed by atoms with Crippen molar-refractivity contribution in [1.29, 1.82) is 0 Å². The van der Waals surface area contributed by atoms with Gasteiger partial charge in [0, 0.05) is 13.1 Å². The van der Waals surface area contributed by atoms with E-state index in [1.165, 1.54) is 18.1 Å². The first-order valence-electron chi connectivity index (χ1n) is 6.42. The van der Waals surface area contributed by atoms with E-state index >= 15 is 0 Å². The van der Waals surface area contributed by atoms with Crippen LogP contribution in [0.1, 0.15) is 23.2 Å². The van der Waals surface area contributed by atoms with Gasteiger partial charge in [0.05, 0.1) is 18.6 Å². The summed E-state index contributed by atoms with van der Waals surface area (Å²) >= 11 is 0. The average molecular weight is 279 g/mol. The lowest BCUT2D eigenvalue weighted by molar-refractivity contribution is -0.143. The fraction of sp³-hybridized carbons (Fsp3) is 0.429. The Morgan fingerprint density at radius 2 is 2.15 bits per heavy atom. The van der Waals surface area contributed by atoms with Crippen LogP contribution in [-0.2, 0) is 4.79 Å². The molecule has 2 N–H and O–H groups in total. The number of hydrogen-bond donors (Lipinski definition) is 2. The van der Waals surface area contributed by atoms with Gasteiger partial charge < -0.3 is 19.8 Å². The van der Waals surface area contributed by atoms with E-state index in [1.54, 1.807) is 12.1 Å². The lowest BCUT2D eigenvalue weighted by Gasteiger charge is -2.31. The molecular formula is C14H17NO5. The number of aromatic hydroxyl groups is 1. The highest BCUT2D eigenvalue weighted by Crippen LogP contribution is 2.31. The minimum Gasteiger partial charge on any atom is -0.504 e. The first-order chi connectivity index (χ1) is 9.54. The second kappa shape index (κ2) is 5.81. The summed E-state index contributed by atoms with van der Waals surface area (Å²) in [5.74, 6) is -1.79. The van der Waals surface area contributed by atoms with Gasteiger partial charge in [-0.25, -0.2) is 0 Å². The van der Waals surface area contributed by atoms with Gasteiger partial charge >= 0.3 is 5.97 Å². The van der Waals surface area contributed by atoms with Crippen LogP contribution in [0.25, 0.3) is 0 Å². The highest BCUT2D eigenvalue weighted by molar-refractivity contribution is 5.98. The van der Waals surface area contributed by atoms with Gasteiger partial charge in [-0.2, -0.15) is 0 Å². The summed E-state index contributed by atoms with van der Waals surface area (Å²) in [5.41, 5.74) is 0.135. The van der Waals surface area contributed by atoms with Gasteiger partial charge in [0.2, 0.25) is 0 Å². The number of amides is 1. The van der Waals surface area contributed by atoms with Gasteiger partial charge in [0.15, 0.2) is 11.5 Å². The number of phenols is 1. The van der Waals surface area contributed by atoms with Crippen LogP contribution >= 0.6 is 0 Å². The van der Waals surface area contributed by atoms with Crippen molar-refractivity contribution in [3.63, 3.8) is 0 Å². The largest absolute Gasteiger partial charge is 0.504 e. The molecule has 6 nitrogen and oxygen atoms in total. The van der Waals surface area contributed by atoms with E-state index in [4.69, 9.17) is 9.84 Å². The van der Waals surface area contributed by atoms with Crippen LogP contribution in [0.15, 0.2) is 18.2 Å². The minimum absolute atomic E-state index is 0.135. The molecule has 1 saturated heterocycles. The van der Waals surface area contributed by atoms with Crippen LogP contribution in [0.3, 0.4) is 0 Å². The van der Waals surface area contributed by atoms with Gasteiger partial charge in [0.25, 0.3) is 5.91 Å². The molecule has 0 unspecified atom stereocenters. The Kier molecular flexibility index (Phi) is 4.12. The molecule has 1 aromatic rings. The molecule has 1 aliphatic heterocycles. The molecule has 0 spiro atoms. The van der Waals surface area contributed by atoms with Crippen molar-refractivity contribution in [3.05, 3.63) is 23.8 Å². The molecule has 1 aliphatic rings. The zero-order valence-electron chi connectivity index (χ0n) is 11.2. The van der Waals surface area contributed by atoms with Crippen molar-refractivity contribution in [2.45, 2.75) is 12.8 Å². The van der Waals surface area contributed by atoms with E-state index < -0.39 is 11.9 Å². The number of phenolic OH excluding ortho intramolecular Hbond substituents is 1. The third-order valence-electron chi connectivity index (χ3n) is 3.51. The van der Waals surface area contributed by atoms with Gasteiger partial charge in [0.1, 0.15) is 0 Å². The third kappa shape index (κ3) is 2.68. The van der Waals surface area contributed by atoms with Crippen molar-refractivity contribution in [3.8, 4) is 11.5 Å². The zero-order valence-corrected chi connectivity index (χ0v) is 11.2. The number of para-hydroxylation sites is 1. The van der Waals surface area contributed by atoms with Crippen LogP contribution in [0.5, 0.6) is 11.5 Å². The number of ether oxygens (including phenoxy) is 1. The highest BCUT2D eigenvalue weighted by Gasteiger charge is 2.30. The Hall–Kier alpha value is -2.24. The Balaban J connectivity index is 2.21. The van der Waals surface area contributed by atoms with Crippen LogP contribution in [0.2, 0.25) is 0 Å². The lowest BCUT2D eigenvalue weighted by Crippen LogP contribution is -2.42. The van der Waals surface area contributed by atoms with Crippen LogP contribution in [0, 0.1) is 5.92 Å². The Morgan fingerprint density at radius 1 is 1.40 bits per heavy atom. The molecule has 20 heavy (non-hydrogen) atoms. The van der Waals surface area contributed by atoms with Crippen molar-refractivity contribution >= 4 is 11.9 Å². The van der Waals surface area contributed by atoms with Gasteiger partial charge in [-0.05, 0) is 25.0 Å². The summed E-state index contributed by atoms with van der Waals surface area (Å²) < 4.78 is 4.97. The summed E-state index contributed by atoms with van der Waals surface area (Å²) in [4.78, 5) is 24.9. The highest BCUT2D eigenvalue weighted by atomic mass is 16.5. The molecule has 0 aromatic heterocycles. The molecule has 1 heterocycles. The Labute approximate surface area is 116 Å². The summed E-state index contributed by atoms with van der Waals surface area (Å²) in [5, 5.41) is 19.0. The van der Waals surface area contributed by atoms with Gasteiger partial charge in [-0.3, -0.25) is 9.59 Å². The predicted octanol–water partition coefficient (Wildman–Crippen LogP) is 1.34. The van der Waals surface area contributed by atoms with Crippen molar-refractivity contribution in [1.82, 2.24) is 4.90 Å². The maximum atomic E-state index is 12.4. The second-order valence-corrected chi connectivity index (χ2v) is 4.78. The molecule has 2 rings (SSSR count). The standard InChI is InChI=1S/C14H17NO5/c1-20-11-6-2-5-10(12(11)16)13(17)15-7-3-4-9(8-15)14(18)19/h2,5-6,9,16H,3-4,7-8H2,1H3,(H,18,19)/t9-/m0/s1. The first kappa shape index (κ1) is 14.2. The number of carbonyl (C=O) groups is 2. The van der Waals surface area contributed by atoms with E-state index in [2.05, 4.69) is 0 Å². The molecule has 1 atom stereocenters. The van der Waals surface area contributed by atoms with Gasteiger partial charge in [-0.15, -0.1) is 0 Å². The fourth-order valence-corrected chi connectivity index (χ4v) is 2.39. The van der Waals surface area contributed by atoms with Crippen molar-refractivity contribution in [2.24, 2.45) is 5.92 Å². The molecular weight excluding hydrogens is 262 g/mol. The van der Waals surface area contributed by atoms with Crippen LogP contribution in [-0.4, -0.2) is 47.2 Å². The molecule has 6 heteroatoms. The SMILES string of the molecule is COc1cccc(C(=O)N2CCC[C@H](C(=O)O)C2)c1O. The molecule has 1 amide bonds. The van der Waals surface area contributed by atoms with E-state index in [0.29, 0.717) is 19.4 Å². The number of aliphatic carboxylic acids is 1. The van der Waals surface area contributed by atoms with Crippen LogP contribution < -0.4 is 4.74 Å². The molecule has 1 aromatic carbocycles. The lowest BCUT2D eigenvalue weighted by atomic mass is 9.97. The topological polar surface area (TPSA) is 87.1 Å². The maximum absolute atomic E-state index is 12.4. The number of benzene rings is 1. The smallest absolute Gasteiger partial charge is 0.308 e. The Morgan fingerprint density at radius 3 is 2.80 bits per heavy atom. The summed E-state index contributed by atoms with van der Waals surface area (Å²) in [6, 6.07) is 4.68. The monoisotopic (exact) mass is 279 g/mol. The molecule has 0 saturated carbocycles. The third-order valence-corrected chi connectivity index (χ3v) is 3.51. The number of methoxy groups -OCH3 is 1. The number of hydrogen-bond acceptors (Lipinski definition) is 4. The van der Waals surface area contributed by atoms with Crippen LogP contribution in [0.4, 0.5) is 0 Å². The van der Waals surface area contributed by atoms with Crippen molar-refractivity contribution < 1.29 is 24.5 Å². The maximum Gasteiger partial charge on any atom is 0.308 e. The van der Waals surface area contributed by atoms with Gasteiger partial charge in [-0.1, -0.05) is 6.07 Å². The quantitative estimate of drug-likeness (QED) is 0.871. The number of carbonyl (C=O) groups excluding carboxylic acids is 1. The van der Waals surface area contributed by atoms with Crippen molar-refractivity contribution in [2.75, 3.05) is 20.2 Å². The number of carboxylic acids is 1. The summed E-state index contributed by atoms with van der Waals surface area (Å²) in [7, 11) is 1.41. The Bertz CT molecular complexity index is 528. The summed E-state index contributed by atoms with van der Waals surface area (Å²) in [6.45, 7) is 0.671.